The van der Waals surface area contributed by atoms with Crippen LogP contribution in [0.5, 0.6) is 5.75 Å². The van der Waals surface area contributed by atoms with Crippen LogP contribution in [-0.2, 0) is 26.7 Å². The lowest BCUT2D eigenvalue weighted by atomic mass is 9.83. The van der Waals surface area contributed by atoms with Gasteiger partial charge in [0.05, 0.1) is 17.2 Å². The van der Waals surface area contributed by atoms with Crippen LogP contribution in [0, 0.1) is 5.41 Å². The van der Waals surface area contributed by atoms with E-state index in [1.165, 1.54) is 0 Å². The number of nitrogens with zero attached hydrogens (tertiary/aromatic N) is 2. The molecule has 2 aromatic rings. The lowest BCUT2D eigenvalue weighted by molar-refractivity contribution is -0.0272. The number of hydrogen-bond donors (Lipinski definition) is 1. The molecule has 0 unspecified atom stereocenters. The summed E-state index contributed by atoms with van der Waals surface area (Å²) in [6.45, 7) is 10.2. The molecule has 2 aliphatic heterocycles. The zero-order chi connectivity index (χ0) is 27.8. The predicted octanol–water partition coefficient (Wildman–Crippen LogP) is 4.78. The molecule has 1 saturated heterocycles. The van der Waals surface area contributed by atoms with Crippen LogP contribution in [0.4, 0.5) is 4.79 Å². The summed E-state index contributed by atoms with van der Waals surface area (Å²) in [5.74, 6) is 0.693. The van der Waals surface area contributed by atoms with E-state index >= 15 is 0 Å². The molecular formula is C29H40N2O6S. The normalized spacial score (nSPS) is 17.6. The number of rotatable bonds is 6. The zero-order valence-electron chi connectivity index (χ0n) is 23.1. The van der Waals surface area contributed by atoms with E-state index in [4.69, 9.17) is 9.47 Å². The third-order valence-electron chi connectivity index (χ3n) is 7.11. The van der Waals surface area contributed by atoms with E-state index in [0.717, 1.165) is 48.3 Å². The fraction of sp³-hybridized carbons (Fsp3) is 0.586. The van der Waals surface area contributed by atoms with Crippen molar-refractivity contribution in [3.8, 4) is 17.0 Å². The Morgan fingerprint density at radius 2 is 1.82 bits per heavy atom. The number of fused-ring (bicyclic) bond motifs is 1. The minimum atomic E-state index is -3.37. The number of amides is 1. The predicted molar refractivity (Wildman–Crippen MR) is 147 cm³/mol. The average Bonchev–Trinajstić information content (AvgIpc) is 2.83. The Labute approximate surface area is 226 Å². The summed E-state index contributed by atoms with van der Waals surface area (Å²) in [6, 6.07) is 9.72. The maximum atomic E-state index is 12.5. The molecule has 0 saturated carbocycles. The van der Waals surface area contributed by atoms with Crippen LogP contribution >= 0.6 is 0 Å². The van der Waals surface area contributed by atoms with Gasteiger partial charge in [-0.25, -0.2) is 13.2 Å². The SMILES string of the molecule is CC(C)(CO)CS(=O)(=O)Cc1ccc(-c2ccc3c(c2)CCC2(CCN(C(=O)OC(C)(C)C)CC2)O3)nc1. The van der Waals surface area contributed by atoms with Crippen LogP contribution in [-0.4, -0.2) is 66.2 Å². The van der Waals surface area contributed by atoms with Gasteiger partial charge in [-0.1, -0.05) is 19.9 Å². The fourth-order valence-corrected chi connectivity index (χ4v) is 7.15. The standard InChI is InChI=1S/C29H40N2O6S/c1-27(2,3)37-26(33)31-14-12-29(13-15-31)11-10-23-16-22(7-9-25(23)36-29)24-8-6-21(17-30-24)18-38(34,35)20-28(4,5)19-32/h6-9,16-17,32H,10-15,18-20H2,1-5H3. The van der Waals surface area contributed by atoms with Gasteiger partial charge in [-0.15, -0.1) is 0 Å². The Balaban J connectivity index is 1.39. The number of piperidine rings is 1. The first-order chi connectivity index (χ1) is 17.7. The van der Waals surface area contributed by atoms with E-state index in [1.54, 1.807) is 31.0 Å². The number of aryl methyl sites for hydroxylation is 1. The van der Waals surface area contributed by atoms with E-state index in [1.807, 2.05) is 39.0 Å². The van der Waals surface area contributed by atoms with Crippen LogP contribution in [0.3, 0.4) is 0 Å². The maximum absolute atomic E-state index is 12.5. The summed E-state index contributed by atoms with van der Waals surface area (Å²) in [4.78, 5) is 18.7. The molecule has 4 rings (SSSR count). The van der Waals surface area contributed by atoms with E-state index in [9.17, 15) is 18.3 Å². The fourth-order valence-electron chi connectivity index (χ4n) is 5.08. The summed E-state index contributed by atoms with van der Waals surface area (Å²) >= 11 is 0. The van der Waals surface area contributed by atoms with Crippen molar-refractivity contribution in [2.24, 2.45) is 5.41 Å². The smallest absolute Gasteiger partial charge is 0.410 e. The number of likely N-dealkylation sites (tertiary alicyclic amines) is 1. The van der Waals surface area contributed by atoms with Crippen LogP contribution in [0.15, 0.2) is 36.5 Å². The Kier molecular flexibility index (Phi) is 7.83. The van der Waals surface area contributed by atoms with Gasteiger partial charge in [0.2, 0.25) is 0 Å². The van der Waals surface area contributed by atoms with Crippen LogP contribution in [0.25, 0.3) is 11.3 Å². The van der Waals surface area contributed by atoms with Crippen molar-refractivity contribution in [3.63, 3.8) is 0 Å². The second-order valence-electron chi connectivity index (χ2n) is 12.5. The largest absolute Gasteiger partial charge is 0.487 e. The number of benzene rings is 1. The Hall–Kier alpha value is -2.65. The van der Waals surface area contributed by atoms with Crippen molar-refractivity contribution in [3.05, 3.63) is 47.7 Å². The van der Waals surface area contributed by atoms with Crippen molar-refractivity contribution in [2.45, 2.75) is 77.3 Å². The summed E-state index contributed by atoms with van der Waals surface area (Å²) in [5, 5.41) is 9.40. The summed E-state index contributed by atoms with van der Waals surface area (Å²) in [7, 11) is -3.37. The molecule has 38 heavy (non-hydrogen) atoms. The number of ether oxygens (including phenoxy) is 2. The van der Waals surface area contributed by atoms with Gasteiger partial charge in [0.25, 0.3) is 0 Å². The van der Waals surface area contributed by atoms with Crippen molar-refractivity contribution < 1.29 is 27.8 Å². The van der Waals surface area contributed by atoms with E-state index in [0.29, 0.717) is 18.7 Å². The molecule has 0 aliphatic carbocycles. The number of hydrogen-bond acceptors (Lipinski definition) is 7. The zero-order valence-corrected chi connectivity index (χ0v) is 23.9. The number of pyridine rings is 1. The molecule has 1 aromatic heterocycles. The first-order valence-electron chi connectivity index (χ1n) is 13.2. The highest BCUT2D eigenvalue weighted by molar-refractivity contribution is 7.90. The highest BCUT2D eigenvalue weighted by Crippen LogP contribution is 2.41. The molecule has 3 heterocycles. The van der Waals surface area contributed by atoms with Crippen molar-refractivity contribution in [1.29, 1.82) is 0 Å². The molecule has 0 atom stereocenters. The quantitative estimate of drug-likeness (QED) is 0.558. The molecule has 1 spiro atoms. The monoisotopic (exact) mass is 544 g/mol. The van der Waals surface area contributed by atoms with Gasteiger partial charge in [0.1, 0.15) is 17.0 Å². The molecule has 1 N–H and O–H groups in total. The lowest BCUT2D eigenvalue weighted by Gasteiger charge is -2.44. The lowest BCUT2D eigenvalue weighted by Crippen LogP contribution is -2.52. The summed E-state index contributed by atoms with van der Waals surface area (Å²) < 4.78 is 37.1. The first-order valence-corrected chi connectivity index (χ1v) is 15.1. The molecule has 208 valence electrons. The van der Waals surface area contributed by atoms with Gasteiger partial charge in [0.15, 0.2) is 9.84 Å². The number of sulfone groups is 1. The molecule has 0 radical (unpaired) electrons. The van der Waals surface area contributed by atoms with Gasteiger partial charge >= 0.3 is 6.09 Å². The Morgan fingerprint density at radius 3 is 2.42 bits per heavy atom. The maximum Gasteiger partial charge on any atom is 0.410 e. The van der Waals surface area contributed by atoms with E-state index in [2.05, 4.69) is 11.1 Å². The van der Waals surface area contributed by atoms with Crippen LogP contribution < -0.4 is 4.74 Å². The molecule has 1 aromatic carbocycles. The Morgan fingerprint density at radius 1 is 1.11 bits per heavy atom. The van der Waals surface area contributed by atoms with Gasteiger partial charge in [-0.05, 0) is 69.0 Å². The van der Waals surface area contributed by atoms with Gasteiger partial charge in [0, 0.05) is 49.7 Å². The minimum Gasteiger partial charge on any atom is -0.487 e. The molecule has 0 bridgehead atoms. The number of aliphatic hydroxyl groups is 1. The van der Waals surface area contributed by atoms with Crippen molar-refractivity contribution in [2.75, 3.05) is 25.4 Å². The third kappa shape index (κ3) is 7.05. The number of carbonyl (C=O) groups excluding carboxylic acids is 1. The van der Waals surface area contributed by atoms with Gasteiger partial charge in [-0.2, -0.15) is 0 Å². The molecule has 1 amide bonds. The number of aromatic nitrogens is 1. The number of aliphatic hydroxyl groups excluding tert-OH is 1. The van der Waals surface area contributed by atoms with Gasteiger partial charge in [-0.3, -0.25) is 4.98 Å². The minimum absolute atomic E-state index is 0.0798. The van der Waals surface area contributed by atoms with E-state index < -0.39 is 20.9 Å². The van der Waals surface area contributed by atoms with Crippen LogP contribution in [0.2, 0.25) is 0 Å². The topological polar surface area (TPSA) is 106 Å². The third-order valence-corrected chi connectivity index (χ3v) is 9.10. The molecule has 8 nitrogen and oxygen atoms in total. The Bertz CT molecular complexity index is 1260. The second-order valence-corrected chi connectivity index (χ2v) is 14.5. The van der Waals surface area contributed by atoms with Gasteiger partial charge < -0.3 is 19.5 Å². The number of carbonyl (C=O) groups is 1. The van der Waals surface area contributed by atoms with Crippen LogP contribution in [0.1, 0.15) is 65.0 Å². The highest BCUT2D eigenvalue weighted by Gasteiger charge is 2.41. The molecule has 2 aliphatic rings. The van der Waals surface area contributed by atoms with E-state index in [-0.39, 0.29) is 29.8 Å². The molecular weight excluding hydrogens is 504 g/mol. The molecule has 9 heteroatoms. The first kappa shape index (κ1) is 28.4. The van der Waals surface area contributed by atoms with Crippen molar-refractivity contribution >= 4 is 15.9 Å². The summed E-state index contributed by atoms with van der Waals surface area (Å²) in [5.41, 5.74) is 2.04. The molecule has 1 fully saturated rings. The highest BCUT2D eigenvalue weighted by atomic mass is 32.2. The van der Waals surface area contributed by atoms with Crippen molar-refractivity contribution in [1.82, 2.24) is 9.88 Å². The average molecular weight is 545 g/mol. The summed E-state index contributed by atoms with van der Waals surface area (Å²) in [6.07, 6.45) is 4.66. The second kappa shape index (κ2) is 10.5.